The van der Waals surface area contributed by atoms with Gasteiger partial charge in [-0.15, -0.1) is 0 Å². The van der Waals surface area contributed by atoms with E-state index in [1.807, 2.05) is 0 Å². The molecule has 0 amide bonds. The lowest BCUT2D eigenvalue weighted by Gasteiger charge is -2.04. The van der Waals surface area contributed by atoms with Crippen molar-refractivity contribution in [3.63, 3.8) is 0 Å². The Morgan fingerprint density at radius 1 is 1.67 bits per heavy atom. The second-order valence-electron chi connectivity index (χ2n) is 3.19. The van der Waals surface area contributed by atoms with Crippen LogP contribution in [0.25, 0.3) is 0 Å². The molecule has 1 fully saturated rings. The van der Waals surface area contributed by atoms with Crippen LogP contribution in [0.15, 0.2) is 12.3 Å². The summed E-state index contributed by atoms with van der Waals surface area (Å²) >= 11 is 0. The van der Waals surface area contributed by atoms with Crippen molar-refractivity contribution in [3.05, 3.63) is 27.9 Å². The molecule has 0 aromatic carbocycles. The van der Waals surface area contributed by atoms with Gasteiger partial charge in [-0.2, -0.15) is 5.26 Å². The Bertz CT molecular complexity index is 448. The zero-order chi connectivity index (χ0) is 10.8. The van der Waals surface area contributed by atoms with Crippen molar-refractivity contribution in [2.24, 2.45) is 0 Å². The highest BCUT2D eigenvalue weighted by molar-refractivity contribution is 5.52. The van der Waals surface area contributed by atoms with E-state index in [9.17, 15) is 10.1 Å². The smallest absolute Gasteiger partial charge is 0.385 e. The summed E-state index contributed by atoms with van der Waals surface area (Å²) in [5.74, 6) is -0.197. The molecule has 1 heterocycles. The molecule has 1 aromatic rings. The first-order valence-electron chi connectivity index (χ1n) is 4.42. The number of rotatable bonds is 3. The van der Waals surface area contributed by atoms with Gasteiger partial charge in [0.1, 0.15) is 18.0 Å². The van der Waals surface area contributed by atoms with E-state index >= 15 is 0 Å². The minimum Gasteiger partial charge on any atom is -0.489 e. The number of hydrogen-bond acceptors (Lipinski definition) is 5. The van der Waals surface area contributed by atoms with Gasteiger partial charge in [-0.3, -0.25) is 0 Å². The van der Waals surface area contributed by atoms with Gasteiger partial charge in [0.25, 0.3) is 0 Å². The third-order valence-corrected chi connectivity index (χ3v) is 2.00. The molecule has 6 heteroatoms. The first-order valence-corrected chi connectivity index (χ1v) is 4.42. The average Bonchev–Trinajstić information content (AvgIpc) is 3.01. The van der Waals surface area contributed by atoms with Crippen LogP contribution >= 0.6 is 0 Å². The van der Waals surface area contributed by atoms with E-state index in [2.05, 4.69) is 4.98 Å². The molecule has 0 atom stereocenters. The summed E-state index contributed by atoms with van der Waals surface area (Å²) in [6, 6.07) is 3.23. The summed E-state index contributed by atoms with van der Waals surface area (Å²) in [5, 5.41) is 19.4. The van der Waals surface area contributed by atoms with E-state index in [1.165, 1.54) is 12.3 Å². The van der Waals surface area contributed by atoms with Gasteiger partial charge in [0.15, 0.2) is 5.56 Å². The Morgan fingerprint density at radius 2 is 2.40 bits per heavy atom. The van der Waals surface area contributed by atoms with Crippen LogP contribution in [-0.4, -0.2) is 16.0 Å². The largest absolute Gasteiger partial charge is 0.489 e. The molecule has 15 heavy (non-hydrogen) atoms. The summed E-state index contributed by atoms with van der Waals surface area (Å²) in [7, 11) is 0. The van der Waals surface area contributed by atoms with Crippen LogP contribution in [0, 0.1) is 21.4 Å². The number of aromatic nitrogens is 1. The van der Waals surface area contributed by atoms with Crippen molar-refractivity contribution in [1.29, 1.82) is 5.26 Å². The zero-order valence-corrected chi connectivity index (χ0v) is 7.71. The predicted molar refractivity (Wildman–Crippen MR) is 49.3 cm³/mol. The summed E-state index contributed by atoms with van der Waals surface area (Å²) in [5.41, 5.74) is -0.102. The first kappa shape index (κ1) is 9.40. The van der Waals surface area contributed by atoms with Crippen LogP contribution in [0.1, 0.15) is 18.4 Å². The van der Waals surface area contributed by atoms with E-state index in [-0.39, 0.29) is 17.4 Å². The van der Waals surface area contributed by atoms with Gasteiger partial charge in [0, 0.05) is 6.07 Å². The van der Waals surface area contributed by atoms with Gasteiger partial charge in [-0.05, 0) is 22.7 Å². The summed E-state index contributed by atoms with van der Waals surface area (Å²) in [6.07, 6.45) is 3.23. The van der Waals surface area contributed by atoms with Crippen LogP contribution in [0.2, 0.25) is 0 Å². The molecule has 0 radical (unpaired) electrons. The molecule has 2 rings (SSSR count). The Kier molecular flexibility index (Phi) is 2.21. The molecule has 0 N–H and O–H groups in total. The molecule has 76 valence electrons. The van der Waals surface area contributed by atoms with Crippen molar-refractivity contribution >= 4 is 5.82 Å². The van der Waals surface area contributed by atoms with Gasteiger partial charge in [0.2, 0.25) is 0 Å². The topological polar surface area (TPSA) is 89.0 Å². The number of nitro groups is 1. The monoisotopic (exact) mass is 205 g/mol. The Labute approximate surface area is 85.3 Å². The maximum Gasteiger partial charge on any atom is 0.385 e. The third kappa shape index (κ3) is 1.86. The van der Waals surface area contributed by atoms with E-state index in [1.54, 1.807) is 6.07 Å². The highest BCUT2D eigenvalue weighted by Crippen LogP contribution is 2.31. The lowest BCUT2D eigenvalue weighted by atomic mass is 10.2. The molecule has 0 saturated heterocycles. The summed E-state index contributed by atoms with van der Waals surface area (Å²) in [4.78, 5) is 13.4. The molecule has 1 aliphatic rings. The molecule has 0 unspecified atom stereocenters. The molecule has 1 aliphatic carbocycles. The Hall–Kier alpha value is -2.16. The lowest BCUT2D eigenvalue weighted by Crippen LogP contribution is -2.02. The Morgan fingerprint density at radius 3 is 2.93 bits per heavy atom. The maximum absolute atomic E-state index is 10.6. The quantitative estimate of drug-likeness (QED) is 0.549. The van der Waals surface area contributed by atoms with Crippen molar-refractivity contribution in [2.45, 2.75) is 18.9 Å². The van der Waals surface area contributed by atoms with Gasteiger partial charge in [-0.1, -0.05) is 0 Å². The number of hydrogen-bond donors (Lipinski definition) is 0. The standard InChI is InChI=1S/C9H7N3O3/c10-5-7-8(15-6-1-2-6)3-4-11-9(7)12(13)14/h3-4,6H,1-2H2. The summed E-state index contributed by atoms with van der Waals surface area (Å²) in [6.45, 7) is 0. The van der Waals surface area contributed by atoms with Crippen LogP contribution in [0.4, 0.5) is 5.82 Å². The van der Waals surface area contributed by atoms with Crippen LogP contribution in [-0.2, 0) is 0 Å². The fourth-order valence-electron chi connectivity index (χ4n) is 1.14. The predicted octanol–water partition coefficient (Wildman–Crippen LogP) is 1.40. The molecular weight excluding hydrogens is 198 g/mol. The van der Waals surface area contributed by atoms with Crippen molar-refractivity contribution in [1.82, 2.24) is 4.98 Å². The number of nitriles is 1. The van der Waals surface area contributed by atoms with Gasteiger partial charge < -0.3 is 14.9 Å². The Balaban J connectivity index is 2.40. The van der Waals surface area contributed by atoms with Gasteiger partial charge in [0.05, 0.1) is 6.10 Å². The third-order valence-electron chi connectivity index (χ3n) is 2.00. The molecule has 0 bridgehead atoms. The normalized spacial score (nSPS) is 14.3. The SMILES string of the molecule is N#Cc1c(OC2CC2)ccnc1[N+](=O)[O-]. The van der Waals surface area contributed by atoms with Gasteiger partial charge in [-0.25, -0.2) is 0 Å². The second-order valence-corrected chi connectivity index (χ2v) is 3.19. The van der Waals surface area contributed by atoms with Crippen LogP contribution < -0.4 is 4.74 Å². The first-order chi connectivity index (χ1) is 7.22. The molecule has 0 spiro atoms. The van der Waals surface area contributed by atoms with Crippen molar-refractivity contribution in [3.8, 4) is 11.8 Å². The maximum atomic E-state index is 10.6. The number of ether oxygens (including phenoxy) is 1. The molecule has 1 aromatic heterocycles. The highest BCUT2D eigenvalue weighted by atomic mass is 16.6. The minimum absolute atomic E-state index is 0.0964. The van der Waals surface area contributed by atoms with Crippen LogP contribution in [0.5, 0.6) is 5.75 Å². The van der Waals surface area contributed by atoms with E-state index in [0.29, 0.717) is 0 Å². The number of pyridine rings is 1. The van der Waals surface area contributed by atoms with E-state index in [4.69, 9.17) is 10.00 Å². The second kappa shape index (κ2) is 3.53. The van der Waals surface area contributed by atoms with Gasteiger partial charge >= 0.3 is 5.82 Å². The van der Waals surface area contributed by atoms with Crippen molar-refractivity contribution in [2.75, 3.05) is 0 Å². The molecule has 1 saturated carbocycles. The lowest BCUT2D eigenvalue weighted by molar-refractivity contribution is -0.389. The van der Waals surface area contributed by atoms with E-state index in [0.717, 1.165) is 12.8 Å². The molecular formula is C9H7N3O3. The van der Waals surface area contributed by atoms with E-state index < -0.39 is 10.7 Å². The minimum atomic E-state index is -0.682. The summed E-state index contributed by atoms with van der Waals surface area (Å²) < 4.78 is 5.37. The van der Waals surface area contributed by atoms with Crippen molar-refractivity contribution < 1.29 is 9.66 Å². The average molecular weight is 205 g/mol. The fourth-order valence-corrected chi connectivity index (χ4v) is 1.14. The molecule has 0 aliphatic heterocycles. The zero-order valence-electron chi connectivity index (χ0n) is 7.71. The molecule has 6 nitrogen and oxygen atoms in total. The van der Waals surface area contributed by atoms with Crippen LogP contribution in [0.3, 0.4) is 0 Å². The highest BCUT2D eigenvalue weighted by Gasteiger charge is 2.27. The number of nitrogens with zero attached hydrogens (tertiary/aromatic N) is 3. The fraction of sp³-hybridized carbons (Fsp3) is 0.333.